The first-order valence-corrected chi connectivity index (χ1v) is 8.65. The van der Waals surface area contributed by atoms with E-state index in [0.717, 1.165) is 23.2 Å². The molecule has 1 aromatic rings. The third kappa shape index (κ3) is 4.61. The van der Waals surface area contributed by atoms with Crippen molar-refractivity contribution >= 4 is 33.0 Å². The minimum atomic E-state index is -3.15. The third-order valence-electron chi connectivity index (χ3n) is 3.20. The van der Waals surface area contributed by atoms with Gasteiger partial charge in [-0.3, -0.25) is 4.79 Å². The number of aryl methyl sites for hydroxylation is 1. The summed E-state index contributed by atoms with van der Waals surface area (Å²) in [5.41, 5.74) is 9.18. The molecule has 7 nitrogen and oxygen atoms in total. The normalized spacial score (nSPS) is 14.4. The summed E-state index contributed by atoms with van der Waals surface area (Å²) >= 11 is 0. The molecule has 1 heterocycles. The van der Waals surface area contributed by atoms with Crippen molar-refractivity contribution in [2.24, 2.45) is 0 Å². The number of carbonyl (C=O) groups is 1. The number of nitrogens with two attached hydrogens (primary N) is 1. The van der Waals surface area contributed by atoms with Crippen LogP contribution >= 0.6 is 0 Å². The summed E-state index contributed by atoms with van der Waals surface area (Å²) in [4.78, 5) is 11.4. The van der Waals surface area contributed by atoms with E-state index in [-0.39, 0.29) is 5.91 Å². The van der Waals surface area contributed by atoms with Crippen LogP contribution in [0.1, 0.15) is 18.4 Å². The van der Waals surface area contributed by atoms with Gasteiger partial charge in [-0.2, -0.15) is 0 Å². The average molecular weight is 312 g/mol. The summed E-state index contributed by atoms with van der Waals surface area (Å²) in [6, 6.07) is 3.69. The molecule has 2 rings (SSSR count). The quantitative estimate of drug-likeness (QED) is 0.451. The molecular weight excluding hydrogens is 292 g/mol. The summed E-state index contributed by atoms with van der Waals surface area (Å²) in [5.74, 6) is 0.00979. The maximum absolute atomic E-state index is 11.4. The van der Waals surface area contributed by atoms with Crippen molar-refractivity contribution in [2.75, 3.05) is 35.7 Å². The lowest BCUT2D eigenvalue weighted by Crippen LogP contribution is -2.24. The molecule has 0 fully saturated rings. The van der Waals surface area contributed by atoms with Gasteiger partial charge in [0, 0.05) is 25.2 Å². The summed E-state index contributed by atoms with van der Waals surface area (Å²) in [7, 11) is -3.15. The van der Waals surface area contributed by atoms with E-state index in [2.05, 4.69) is 15.4 Å². The Bertz CT molecular complexity index is 643. The van der Waals surface area contributed by atoms with Gasteiger partial charge in [-0.15, -0.1) is 0 Å². The minimum Gasteiger partial charge on any atom is -0.397 e. The number of amides is 1. The molecule has 0 atom stereocenters. The van der Waals surface area contributed by atoms with E-state index in [1.807, 2.05) is 12.1 Å². The number of anilines is 3. The fourth-order valence-corrected chi connectivity index (χ4v) is 2.68. The molecule has 8 heteroatoms. The molecule has 0 aromatic heterocycles. The van der Waals surface area contributed by atoms with Gasteiger partial charge in [-0.1, -0.05) is 0 Å². The predicted octanol–water partition coefficient (Wildman–Crippen LogP) is 0.505. The smallest absolute Gasteiger partial charge is 0.224 e. The van der Waals surface area contributed by atoms with Crippen molar-refractivity contribution in [1.82, 2.24) is 4.72 Å². The number of nitrogen functional groups attached to an aromatic ring is 1. The van der Waals surface area contributed by atoms with Crippen LogP contribution in [-0.4, -0.2) is 33.7 Å². The van der Waals surface area contributed by atoms with Crippen LogP contribution in [0.3, 0.4) is 0 Å². The first-order valence-electron chi connectivity index (χ1n) is 6.76. The largest absolute Gasteiger partial charge is 0.397 e. The fourth-order valence-electron chi connectivity index (χ4n) is 2.17. The summed E-state index contributed by atoms with van der Waals surface area (Å²) < 4.78 is 24.3. The minimum absolute atomic E-state index is 0.00979. The van der Waals surface area contributed by atoms with Gasteiger partial charge in [-0.25, -0.2) is 13.1 Å². The molecule has 0 saturated carbocycles. The van der Waals surface area contributed by atoms with Crippen molar-refractivity contribution < 1.29 is 13.2 Å². The average Bonchev–Trinajstić information content (AvgIpc) is 2.38. The van der Waals surface area contributed by atoms with Crippen LogP contribution in [0.5, 0.6) is 0 Å². The van der Waals surface area contributed by atoms with E-state index >= 15 is 0 Å². The van der Waals surface area contributed by atoms with Gasteiger partial charge in [0.05, 0.1) is 17.6 Å². The van der Waals surface area contributed by atoms with Crippen LogP contribution in [0, 0.1) is 0 Å². The highest BCUT2D eigenvalue weighted by molar-refractivity contribution is 7.88. The lowest BCUT2D eigenvalue weighted by molar-refractivity contribution is -0.116. The highest BCUT2D eigenvalue weighted by Crippen LogP contribution is 2.30. The zero-order chi connectivity index (χ0) is 15.5. The molecule has 1 aromatic carbocycles. The maximum Gasteiger partial charge on any atom is 0.224 e. The van der Waals surface area contributed by atoms with Gasteiger partial charge in [0.25, 0.3) is 0 Å². The SMILES string of the molecule is CS(=O)(=O)NCCCNc1cc2c(cc1N)CCC(=O)N2. The molecule has 0 aliphatic carbocycles. The van der Waals surface area contributed by atoms with Gasteiger partial charge in [0.15, 0.2) is 0 Å². The van der Waals surface area contributed by atoms with E-state index in [1.165, 1.54) is 0 Å². The molecule has 0 spiro atoms. The Morgan fingerprint density at radius 1 is 1.29 bits per heavy atom. The van der Waals surface area contributed by atoms with Crippen LogP contribution in [0.2, 0.25) is 0 Å². The van der Waals surface area contributed by atoms with E-state index in [9.17, 15) is 13.2 Å². The van der Waals surface area contributed by atoms with E-state index < -0.39 is 10.0 Å². The van der Waals surface area contributed by atoms with E-state index in [1.54, 1.807) is 0 Å². The molecule has 5 N–H and O–H groups in total. The Labute approximate surface area is 124 Å². The highest BCUT2D eigenvalue weighted by Gasteiger charge is 2.16. The molecule has 0 unspecified atom stereocenters. The third-order valence-corrected chi connectivity index (χ3v) is 3.93. The second-order valence-electron chi connectivity index (χ2n) is 5.09. The molecule has 0 bridgehead atoms. The number of benzene rings is 1. The number of rotatable bonds is 6. The second-order valence-corrected chi connectivity index (χ2v) is 6.92. The molecule has 1 aliphatic heterocycles. The Balaban J connectivity index is 1.91. The Morgan fingerprint density at radius 2 is 2.05 bits per heavy atom. The lowest BCUT2D eigenvalue weighted by atomic mass is 10.0. The van der Waals surface area contributed by atoms with E-state index in [4.69, 9.17) is 5.73 Å². The second kappa shape index (κ2) is 6.31. The maximum atomic E-state index is 11.4. The number of fused-ring (bicyclic) bond motifs is 1. The standard InChI is InChI=1S/C13H20N4O3S/c1-21(19,20)16-6-2-5-15-12-8-11-9(7-10(12)14)3-4-13(18)17-11/h7-8,15-16H,2-6,14H2,1H3,(H,17,18). The number of nitrogens with one attached hydrogen (secondary N) is 3. The van der Waals surface area contributed by atoms with E-state index in [0.29, 0.717) is 38.0 Å². The topological polar surface area (TPSA) is 113 Å². The molecule has 116 valence electrons. The van der Waals surface area contributed by atoms with Gasteiger partial charge in [0.2, 0.25) is 15.9 Å². The van der Waals surface area contributed by atoms with Gasteiger partial charge >= 0.3 is 0 Å². The zero-order valence-corrected chi connectivity index (χ0v) is 12.7. The Kier molecular flexibility index (Phi) is 4.69. The van der Waals surface area contributed by atoms with Crippen molar-refractivity contribution in [3.8, 4) is 0 Å². The molecule has 0 radical (unpaired) electrons. The number of carbonyl (C=O) groups excluding carboxylic acids is 1. The van der Waals surface area contributed by atoms with Gasteiger partial charge in [-0.05, 0) is 30.5 Å². The molecule has 0 saturated heterocycles. The predicted molar refractivity (Wildman–Crippen MR) is 83.8 cm³/mol. The summed E-state index contributed by atoms with van der Waals surface area (Å²) in [6.45, 7) is 0.951. The lowest BCUT2D eigenvalue weighted by Gasteiger charge is -2.19. The number of hydrogen-bond donors (Lipinski definition) is 4. The molecular formula is C13H20N4O3S. The van der Waals surface area contributed by atoms with Crippen LogP contribution in [0.15, 0.2) is 12.1 Å². The number of hydrogen-bond acceptors (Lipinski definition) is 5. The zero-order valence-electron chi connectivity index (χ0n) is 11.9. The highest BCUT2D eigenvalue weighted by atomic mass is 32.2. The van der Waals surface area contributed by atoms with Crippen LogP contribution < -0.4 is 21.1 Å². The number of sulfonamides is 1. The Morgan fingerprint density at radius 3 is 2.76 bits per heavy atom. The van der Waals surface area contributed by atoms with Gasteiger partial charge < -0.3 is 16.4 Å². The monoisotopic (exact) mass is 312 g/mol. The fraction of sp³-hybridized carbons (Fsp3) is 0.462. The van der Waals surface area contributed by atoms with Crippen molar-refractivity contribution in [3.63, 3.8) is 0 Å². The molecule has 21 heavy (non-hydrogen) atoms. The Hall–Kier alpha value is -1.80. The summed E-state index contributed by atoms with van der Waals surface area (Å²) in [5, 5.41) is 5.98. The van der Waals surface area contributed by atoms with Crippen molar-refractivity contribution in [1.29, 1.82) is 0 Å². The van der Waals surface area contributed by atoms with Crippen molar-refractivity contribution in [3.05, 3.63) is 17.7 Å². The first kappa shape index (κ1) is 15.6. The summed E-state index contributed by atoms with van der Waals surface area (Å²) in [6.07, 6.45) is 2.95. The van der Waals surface area contributed by atoms with Crippen LogP contribution in [0.25, 0.3) is 0 Å². The molecule has 1 amide bonds. The van der Waals surface area contributed by atoms with Crippen LogP contribution in [0.4, 0.5) is 17.1 Å². The molecule has 1 aliphatic rings. The van der Waals surface area contributed by atoms with Crippen molar-refractivity contribution in [2.45, 2.75) is 19.3 Å². The van der Waals surface area contributed by atoms with Crippen LogP contribution in [-0.2, 0) is 21.2 Å². The first-order chi connectivity index (χ1) is 9.85. The van der Waals surface area contributed by atoms with Gasteiger partial charge in [0.1, 0.15) is 0 Å².